The van der Waals surface area contributed by atoms with E-state index in [0.717, 1.165) is 16.9 Å². The fourth-order valence-electron chi connectivity index (χ4n) is 1.79. The average Bonchev–Trinajstić information content (AvgIpc) is 2.25. The van der Waals surface area contributed by atoms with Crippen molar-refractivity contribution in [2.24, 2.45) is 0 Å². The molecule has 0 bridgehead atoms. The Balaban J connectivity index is 2.31. The van der Waals surface area contributed by atoms with Crippen molar-refractivity contribution in [3.8, 4) is 11.5 Å². The second kappa shape index (κ2) is 4.50. The number of nitrogens with two attached hydrogens (primary N) is 1. The minimum atomic E-state index is 0.671. The topological polar surface area (TPSA) is 35.2 Å². The summed E-state index contributed by atoms with van der Waals surface area (Å²) in [6.07, 6.45) is 0. The molecule has 0 heterocycles. The second-order valence-electron chi connectivity index (χ2n) is 4.41. The average molecular weight is 227 g/mol. The zero-order valence-electron chi connectivity index (χ0n) is 10.4. The summed E-state index contributed by atoms with van der Waals surface area (Å²) in [5.74, 6) is 1.56. The number of ether oxygens (including phenoxy) is 1. The largest absolute Gasteiger partial charge is 0.455 e. The molecule has 0 fully saturated rings. The minimum Gasteiger partial charge on any atom is -0.455 e. The van der Waals surface area contributed by atoms with Crippen molar-refractivity contribution < 1.29 is 4.74 Å². The summed E-state index contributed by atoms with van der Waals surface area (Å²) in [7, 11) is 0. The minimum absolute atomic E-state index is 0.671. The first-order valence-corrected chi connectivity index (χ1v) is 5.67. The highest BCUT2D eigenvalue weighted by atomic mass is 16.5. The smallest absolute Gasteiger partial charge is 0.150 e. The third-order valence-electron chi connectivity index (χ3n) is 2.72. The molecule has 17 heavy (non-hydrogen) atoms. The number of nitrogen functional groups attached to an aromatic ring is 1. The summed E-state index contributed by atoms with van der Waals surface area (Å²) in [6.45, 7) is 6.11. The Morgan fingerprint density at radius 3 is 2.00 bits per heavy atom. The van der Waals surface area contributed by atoms with Gasteiger partial charge in [-0.1, -0.05) is 23.8 Å². The molecule has 0 radical (unpaired) electrons. The van der Waals surface area contributed by atoms with Gasteiger partial charge in [-0.2, -0.15) is 0 Å². The van der Waals surface area contributed by atoms with Crippen LogP contribution in [0.15, 0.2) is 36.4 Å². The molecule has 0 amide bonds. The first-order chi connectivity index (χ1) is 8.06. The van der Waals surface area contributed by atoms with Crippen LogP contribution in [0.5, 0.6) is 11.5 Å². The van der Waals surface area contributed by atoms with E-state index in [1.807, 2.05) is 44.2 Å². The molecule has 2 aromatic carbocycles. The van der Waals surface area contributed by atoms with Crippen molar-refractivity contribution in [1.29, 1.82) is 0 Å². The maximum Gasteiger partial charge on any atom is 0.150 e. The summed E-state index contributed by atoms with van der Waals surface area (Å²) < 4.78 is 5.82. The standard InChI is InChI=1S/C15H17NO/c1-10-4-6-14(12(3)8-10)17-15-7-5-11(2)9-13(15)16/h4-9H,16H2,1-3H3. The predicted octanol–water partition coefficient (Wildman–Crippen LogP) is 3.99. The first kappa shape index (κ1) is 11.5. The molecule has 0 unspecified atom stereocenters. The molecule has 0 saturated heterocycles. The Hall–Kier alpha value is -1.96. The summed E-state index contributed by atoms with van der Waals surface area (Å²) in [4.78, 5) is 0. The van der Waals surface area contributed by atoms with Gasteiger partial charge >= 0.3 is 0 Å². The molecule has 0 aliphatic heterocycles. The van der Waals surface area contributed by atoms with Crippen LogP contribution in [0.1, 0.15) is 16.7 Å². The molecule has 2 nitrogen and oxygen atoms in total. The zero-order chi connectivity index (χ0) is 12.4. The number of rotatable bonds is 2. The van der Waals surface area contributed by atoms with E-state index < -0.39 is 0 Å². The van der Waals surface area contributed by atoms with Gasteiger partial charge in [-0.3, -0.25) is 0 Å². The molecule has 0 aromatic heterocycles. The Morgan fingerprint density at radius 2 is 1.41 bits per heavy atom. The van der Waals surface area contributed by atoms with Crippen molar-refractivity contribution in [2.75, 3.05) is 5.73 Å². The highest BCUT2D eigenvalue weighted by Gasteiger charge is 2.04. The quantitative estimate of drug-likeness (QED) is 0.787. The highest BCUT2D eigenvalue weighted by Crippen LogP contribution is 2.30. The van der Waals surface area contributed by atoms with Crippen molar-refractivity contribution in [3.63, 3.8) is 0 Å². The van der Waals surface area contributed by atoms with Gasteiger partial charge in [0.15, 0.2) is 0 Å². The van der Waals surface area contributed by atoms with Crippen LogP contribution in [0.2, 0.25) is 0 Å². The predicted molar refractivity (Wildman–Crippen MR) is 71.6 cm³/mol. The van der Waals surface area contributed by atoms with E-state index in [1.54, 1.807) is 0 Å². The molecule has 88 valence electrons. The molecule has 2 N–H and O–H groups in total. The van der Waals surface area contributed by atoms with Crippen LogP contribution >= 0.6 is 0 Å². The van der Waals surface area contributed by atoms with E-state index in [-0.39, 0.29) is 0 Å². The lowest BCUT2D eigenvalue weighted by atomic mass is 10.1. The lowest BCUT2D eigenvalue weighted by molar-refractivity contribution is 0.481. The van der Waals surface area contributed by atoms with Crippen molar-refractivity contribution in [3.05, 3.63) is 53.1 Å². The number of anilines is 1. The zero-order valence-corrected chi connectivity index (χ0v) is 10.4. The third-order valence-corrected chi connectivity index (χ3v) is 2.72. The molecule has 2 aromatic rings. The van der Waals surface area contributed by atoms with E-state index in [1.165, 1.54) is 5.56 Å². The van der Waals surface area contributed by atoms with Gasteiger partial charge in [-0.25, -0.2) is 0 Å². The SMILES string of the molecule is Cc1ccc(Oc2ccc(C)cc2N)c(C)c1. The highest BCUT2D eigenvalue weighted by molar-refractivity contribution is 5.56. The fraction of sp³-hybridized carbons (Fsp3) is 0.200. The van der Waals surface area contributed by atoms with Gasteiger partial charge in [0, 0.05) is 0 Å². The Morgan fingerprint density at radius 1 is 0.824 bits per heavy atom. The molecule has 2 heteroatoms. The lowest BCUT2D eigenvalue weighted by Gasteiger charge is -2.11. The van der Waals surface area contributed by atoms with Crippen molar-refractivity contribution >= 4 is 5.69 Å². The lowest BCUT2D eigenvalue weighted by Crippen LogP contribution is -1.94. The van der Waals surface area contributed by atoms with Gasteiger partial charge in [0.25, 0.3) is 0 Å². The monoisotopic (exact) mass is 227 g/mol. The van der Waals surface area contributed by atoms with Crippen LogP contribution in [0.4, 0.5) is 5.69 Å². The van der Waals surface area contributed by atoms with Gasteiger partial charge < -0.3 is 10.5 Å². The Labute approximate surface area is 102 Å². The molecule has 0 saturated carbocycles. The van der Waals surface area contributed by atoms with E-state index >= 15 is 0 Å². The third kappa shape index (κ3) is 2.59. The van der Waals surface area contributed by atoms with Crippen LogP contribution in [0.25, 0.3) is 0 Å². The Kier molecular flexibility index (Phi) is 3.05. The van der Waals surface area contributed by atoms with Gasteiger partial charge in [0.05, 0.1) is 5.69 Å². The molecule has 0 spiro atoms. The van der Waals surface area contributed by atoms with Crippen LogP contribution < -0.4 is 10.5 Å². The van der Waals surface area contributed by atoms with Crippen molar-refractivity contribution in [2.45, 2.75) is 20.8 Å². The van der Waals surface area contributed by atoms with Crippen LogP contribution in [-0.4, -0.2) is 0 Å². The second-order valence-corrected chi connectivity index (χ2v) is 4.41. The van der Waals surface area contributed by atoms with E-state index in [4.69, 9.17) is 10.5 Å². The molecule has 0 atom stereocenters. The van der Waals surface area contributed by atoms with Gasteiger partial charge in [-0.15, -0.1) is 0 Å². The number of hydrogen-bond donors (Lipinski definition) is 1. The van der Waals surface area contributed by atoms with Crippen LogP contribution in [-0.2, 0) is 0 Å². The van der Waals surface area contributed by atoms with Crippen LogP contribution in [0.3, 0.4) is 0 Å². The molecular formula is C15H17NO. The molecule has 0 aliphatic carbocycles. The number of benzene rings is 2. The van der Waals surface area contributed by atoms with E-state index in [9.17, 15) is 0 Å². The molecular weight excluding hydrogens is 210 g/mol. The normalized spacial score (nSPS) is 10.3. The summed E-state index contributed by atoms with van der Waals surface area (Å²) in [6, 6.07) is 11.9. The number of hydrogen-bond acceptors (Lipinski definition) is 2. The number of aryl methyl sites for hydroxylation is 3. The van der Waals surface area contributed by atoms with Crippen LogP contribution in [0, 0.1) is 20.8 Å². The summed E-state index contributed by atoms with van der Waals surface area (Å²) in [5, 5.41) is 0. The van der Waals surface area contributed by atoms with E-state index in [0.29, 0.717) is 11.4 Å². The van der Waals surface area contributed by atoms with Gasteiger partial charge in [-0.05, 0) is 50.1 Å². The first-order valence-electron chi connectivity index (χ1n) is 5.67. The summed E-state index contributed by atoms with van der Waals surface area (Å²) >= 11 is 0. The summed E-state index contributed by atoms with van der Waals surface area (Å²) in [5.41, 5.74) is 10.1. The van der Waals surface area contributed by atoms with Gasteiger partial charge in [0.2, 0.25) is 0 Å². The van der Waals surface area contributed by atoms with Gasteiger partial charge in [0.1, 0.15) is 11.5 Å². The molecule has 0 aliphatic rings. The Bertz CT molecular complexity index is 497. The molecule has 2 rings (SSSR count). The van der Waals surface area contributed by atoms with E-state index in [2.05, 4.69) is 13.0 Å². The van der Waals surface area contributed by atoms with Crippen molar-refractivity contribution in [1.82, 2.24) is 0 Å². The maximum absolute atomic E-state index is 5.92. The fourth-order valence-corrected chi connectivity index (χ4v) is 1.79. The maximum atomic E-state index is 5.92.